The Bertz CT molecular complexity index is 588. The highest BCUT2D eigenvalue weighted by atomic mass is 35.5. The molecule has 1 aromatic carbocycles. The van der Waals surface area contributed by atoms with E-state index in [1.807, 2.05) is 12.1 Å². The predicted molar refractivity (Wildman–Crippen MR) is 88.5 cm³/mol. The molecule has 1 saturated heterocycles. The van der Waals surface area contributed by atoms with E-state index in [1.54, 1.807) is 4.90 Å². The number of aliphatic hydroxyl groups is 1. The van der Waals surface area contributed by atoms with Gasteiger partial charge in [-0.05, 0) is 18.6 Å². The first-order valence-corrected chi connectivity index (χ1v) is 8.26. The molecule has 0 saturated carbocycles. The molecule has 1 amide bonds. The van der Waals surface area contributed by atoms with Gasteiger partial charge in [-0.1, -0.05) is 31.5 Å². The number of hydrogen-bond acceptors (Lipinski definition) is 3. The number of hydrogen-bond donors (Lipinski definition) is 1. The highest BCUT2D eigenvalue weighted by Crippen LogP contribution is 2.44. The lowest BCUT2D eigenvalue weighted by Crippen LogP contribution is -2.41. The van der Waals surface area contributed by atoms with Crippen molar-refractivity contribution >= 4 is 23.2 Å². The summed E-state index contributed by atoms with van der Waals surface area (Å²) in [6.07, 6.45) is 0.977. The van der Waals surface area contributed by atoms with Gasteiger partial charge in [0.15, 0.2) is 0 Å². The third kappa shape index (κ3) is 2.82. The lowest BCUT2D eigenvalue weighted by molar-refractivity contribution is -0.128. The minimum Gasteiger partial charge on any atom is -0.389 e. The first kappa shape index (κ1) is 15.6. The molecular formula is C17H23ClN2O2. The second-order valence-corrected chi connectivity index (χ2v) is 7.40. The van der Waals surface area contributed by atoms with Gasteiger partial charge in [-0.25, -0.2) is 0 Å². The number of halogens is 1. The molecule has 2 aliphatic heterocycles. The Kier molecular flexibility index (Phi) is 4.08. The monoisotopic (exact) mass is 322 g/mol. The lowest BCUT2D eigenvalue weighted by Gasteiger charge is -2.27. The maximum atomic E-state index is 11.7. The van der Waals surface area contributed by atoms with Crippen molar-refractivity contribution in [3.05, 3.63) is 28.8 Å². The maximum absolute atomic E-state index is 11.7. The molecule has 1 N–H and O–H groups in total. The molecule has 0 aliphatic carbocycles. The summed E-state index contributed by atoms with van der Waals surface area (Å²) in [6.45, 7) is 6.90. The average Bonchev–Trinajstić information content (AvgIpc) is 2.93. The van der Waals surface area contributed by atoms with Crippen LogP contribution in [0.25, 0.3) is 0 Å². The Morgan fingerprint density at radius 3 is 2.73 bits per heavy atom. The first-order valence-electron chi connectivity index (χ1n) is 7.88. The van der Waals surface area contributed by atoms with Gasteiger partial charge < -0.3 is 14.9 Å². The summed E-state index contributed by atoms with van der Waals surface area (Å²) >= 11 is 6.37. The van der Waals surface area contributed by atoms with Crippen molar-refractivity contribution in [2.45, 2.75) is 38.2 Å². The molecule has 1 atom stereocenters. The van der Waals surface area contributed by atoms with E-state index in [0.29, 0.717) is 19.5 Å². The van der Waals surface area contributed by atoms with Gasteiger partial charge in [0.05, 0.1) is 6.10 Å². The van der Waals surface area contributed by atoms with Crippen LogP contribution in [-0.4, -0.2) is 48.2 Å². The number of benzene rings is 1. The largest absolute Gasteiger partial charge is 0.389 e. The molecule has 0 bridgehead atoms. The van der Waals surface area contributed by atoms with Crippen LogP contribution in [0, 0.1) is 0 Å². The van der Waals surface area contributed by atoms with Crippen molar-refractivity contribution in [3.63, 3.8) is 0 Å². The van der Waals surface area contributed by atoms with E-state index in [9.17, 15) is 9.90 Å². The number of rotatable bonds is 4. The second kappa shape index (κ2) is 5.74. The molecule has 0 radical (unpaired) electrons. The molecule has 2 heterocycles. The molecule has 1 fully saturated rings. The Balaban J connectivity index is 1.72. The summed E-state index contributed by atoms with van der Waals surface area (Å²) in [4.78, 5) is 15.6. The summed E-state index contributed by atoms with van der Waals surface area (Å²) in [6, 6.07) is 5.93. The van der Waals surface area contributed by atoms with Crippen molar-refractivity contribution in [1.29, 1.82) is 0 Å². The van der Waals surface area contributed by atoms with Crippen molar-refractivity contribution < 1.29 is 9.90 Å². The summed E-state index contributed by atoms with van der Waals surface area (Å²) in [5, 5.41) is 11.2. The number of nitrogens with zero attached hydrogens (tertiary/aromatic N) is 2. The molecular weight excluding hydrogens is 300 g/mol. The normalized spacial score (nSPS) is 21.4. The SMILES string of the molecule is CC1(C)CN(CC(O)CN2CCCC2=O)c2cccc(Cl)c21. The van der Waals surface area contributed by atoms with Crippen LogP contribution in [0.5, 0.6) is 0 Å². The zero-order chi connectivity index (χ0) is 15.9. The molecule has 22 heavy (non-hydrogen) atoms. The van der Waals surface area contributed by atoms with Gasteiger partial charge in [-0.2, -0.15) is 0 Å². The van der Waals surface area contributed by atoms with Gasteiger partial charge >= 0.3 is 0 Å². The molecule has 4 nitrogen and oxygen atoms in total. The average molecular weight is 323 g/mol. The number of carbonyl (C=O) groups is 1. The minimum atomic E-state index is -0.539. The van der Waals surface area contributed by atoms with Crippen molar-refractivity contribution in [2.75, 3.05) is 31.1 Å². The van der Waals surface area contributed by atoms with Gasteiger partial charge in [0.1, 0.15) is 0 Å². The summed E-state index contributed by atoms with van der Waals surface area (Å²) < 4.78 is 0. The van der Waals surface area contributed by atoms with Gasteiger partial charge in [0.2, 0.25) is 5.91 Å². The third-order valence-electron chi connectivity index (χ3n) is 4.63. The van der Waals surface area contributed by atoms with Crippen LogP contribution in [0.1, 0.15) is 32.3 Å². The van der Waals surface area contributed by atoms with E-state index in [0.717, 1.165) is 35.8 Å². The van der Waals surface area contributed by atoms with Crippen LogP contribution in [0.15, 0.2) is 18.2 Å². The molecule has 1 aromatic rings. The number of likely N-dealkylation sites (tertiary alicyclic amines) is 1. The second-order valence-electron chi connectivity index (χ2n) is 7.00. The van der Waals surface area contributed by atoms with Crippen molar-refractivity contribution in [1.82, 2.24) is 4.90 Å². The standard InChI is InChI=1S/C17H23ClN2O2/c1-17(2)11-20(14-6-3-5-13(18)16(14)17)10-12(21)9-19-8-4-7-15(19)22/h3,5-6,12,21H,4,7-11H2,1-2H3. The maximum Gasteiger partial charge on any atom is 0.222 e. The molecule has 0 spiro atoms. The van der Waals surface area contributed by atoms with Crippen LogP contribution in [0.4, 0.5) is 5.69 Å². The number of aliphatic hydroxyl groups excluding tert-OH is 1. The molecule has 2 aliphatic rings. The number of carbonyl (C=O) groups excluding carboxylic acids is 1. The van der Waals surface area contributed by atoms with Crippen LogP contribution in [-0.2, 0) is 10.2 Å². The molecule has 120 valence electrons. The van der Waals surface area contributed by atoms with Gasteiger partial charge in [-0.15, -0.1) is 0 Å². The van der Waals surface area contributed by atoms with E-state index in [1.165, 1.54) is 0 Å². The molecule has 3 rings (SSSR count). The molecule has 0 aromatic heterocycles. The van der Waals surface area contributed by atoms with Crippen LogP contribution in [0.2, 0.25) is 5.02 Å². The minimum absolute atomic E-state index is 0.0309. The fraction of sp³-hybridized carbons (Fsp3) is 0.588. The van der Waals surface area contributed by atoms with E-state index >= 15 is 0 Å². The van der Waals surface area contributed by atoms with E-state index in [2.05, 4.69) is 24.8 Å². The van der Waals surface area contributed by atoms with Crippen LogP contribution < -0.4 is 4.90 Å². The van der Waals surface area contributed by atoms with E-state index < -0.39 is 6.10 Å². The molecule has 5 heteroatoms. The van der Waals surface area contributed by atoms with Crippen molar-refractivity contribution in [3.8, 4) is 0 Å². The van der Waals surface area contributed by atoms with Crippen LogP contribution in [0.3, 0.4) is 0 Å². The smallest absolute Gasteiger partial charge is 0.222 e. The number of amides is 1. The zero-order valence-electron chi connectivity index (χ0n) is 13.2. The third-order valence-corrected chi connectivity index (χ3v) is 4.94. The van der Waals surface area contributed by atoms with Gasteiger partial charge in [-0.3, -0.25) is 4.79 Å². The summed E-state index contributed by atoms with van der Waals surface area (Å²) in [5.41, 5.74) is 2.22. The fourth-order valence-corrected chi connectivity index (χ4v) is 4.14. The van der Waals surface area contributed by atoms with Crippen LogP contribution >= 0.6 is 11.6 Å². The van der Waals surface area contributed by atoms with E-state index in [-0.39, 0.29) is 11.3 Å². The van der Waals surface area contributed by atoms with Crippen molar-refractivity contribution in [2.24, 2.45) is 0 Å². The highest BCUT2D eigenvalue weighted by molar-refractivity contribution is 6.32. The van der Waals surface area contributed by atoms with Gasteiger partial charge in [0, 0.05) is 54.3 Å². The highest BCUT2D eigenvalue weighted by Gasteiger charge is 2.37. The number of anilines is 1. The fourth-order valence-electron chi connectivity index (χ4n) is 3.71. The molecule has 1 unspecified atom stereocenters. The Morgan fingerprint density at radius 1 is 1.32 bits per heavy atom. The lowest BCUT2D eigenvalue weighted by atomic mass is 9.87. The summed E-state index contributed by atoms with van der Waals surface area (Å²) in [5.74, 6) is 0.157. The predicted octanol–water partition coefficient (Wildman–Crippen LogP) is 2.42. The number of β-amino-alcohol motifs (C(OH)–C–C–N with tert-alkyl or cyclic N) is 1. The Hall–Kier alpha value is -1.26. The number of fused-ring (bicyclic) bond motifs is 1. The topological polar surface area (TPSA) is 43.8 Å². The Labute approximate surface area is 136 Å². The Morgan fingerprint density at radius 2 is 2.05 bits per heavy atom. The van der Waals surface area contributed by atoms with Gasteiger partial charge in [0.25, 0.3) is 0 Å². The summed E-state index contributed by atoms with van der Waals surface area (Å²) in [7, 11) is 0. The first-order chi connectivity index (χ1) is 10.4. The zero-order valence-corrected chi connectivity index (χ0v) is 13.9. The quantitative estimate of drug-likeness (QED) is 0.926. The van der Waals surface area contributed by atoms with E-state index in [4.69, 9.17) is 11.6 Å².